The third-order valence-electron chi connectivity index (χ3n) is 2.98. The molecule has 1 rings (SSSR count). The Bertz CT molecular complexity index is 563. The van der Waals surface area contributed by atoms with Gasteiger partial charge in [-0.1, -0.05) is 36.2 Å². The minimum Gasteiger partial charge on any atom is -0.392 e. The van der Waals surface area contributed by atoms with Crippen LogP contribution in [0.5, 0.6) is 0 Å². The zero-order chi connectivity index (χ0) is 15.3. The van der Waals surface area contributed by atoms with Gasteiger partial charge in [-0.25, -0.2) is 12.8 Å². The molecule has 114 valence electrons. The van der Waals surface area contributed by atoms with Gasteiger partial charge in [-0.2, -0.15) is 4.31 Å². The summed E-state index contributed by atoms with van der Waals surface area (Å²) in [6.07, 6.45) is 1.57. The van der Waals surface area contributed by atoms with Gasteiger partial charge in [0.1, 0.15) is 10.7 Å². The first-order valence-corrected chi connectivity index (χ1v) is 8.70. The molecule has 1 N–H and O–H groups in total. The van der Waals surface area contributed by atoms with E-state index in [0.29, 0.717) is 11.0 Å². The maximum Gasteiger partial charge on any atom is 0.246 e. The highest BCUT2D eigenvalue weighted by Crippen LogP contribution is 2.26. The van der Waals surface area contributed by atoms with Crippen molar-refractivity contribution in [3.63, 3.8) is 0 Å². The molecule has 0 fully saturated rings. The van der Waals surface area contributed by atoms with E-state index in [1.165, 1.54) is 16.4 Å². The van der Waals surface area contributed by atoms with Gasteiger partial charge in [0.2, 0.25) is 10.0 Å². The van der Waals surface area contributed by atoms with Crippen LogP contribution in [0.25, 0.3) is 0 Å². The van der Waals surface area contributed by atoms with E-state index in [0.717, 1.165) is 12.8 Å². The molecule has 0 saturated heterocycles. The normalized spacial score (nSPS) is 12.1. The van der Waals surface area contributed by atoms with E-state index < -0.39 is 27.3 Å². The highest BCUT2D eigenvalue weighted by molar-refractivity contribution is 9.10. The van der Waals surface area contributed by atoms with Crippen LogP contribution in [-0.4, -0.2) is 30.9 Å². The molecule has 0 aromatic heterocycles. The summed E-state index contributed by atoms with van der Waals surface area (Å²) < 4.78 is 40.8. The smallest absolute Gasteiger partial charge is 0.246 e. The standard InChI is InChI=1S/C13H19BrFNO3S/c1-3-5-6-16(4-2)20(18,19)12-8-11(14)7-10(9-17)13(12)15/h7-8,17H,3-6,9H2,1-2H3. The zero-order valence-corrected chi connectivity index (χ0v) is 14.0. The molecule has 0 aliphatic rings. The summed E-state index contributed by atoms with van der Waals surface area (Å²) in [5.41, 5.74) is -0.0375. The molecule has 0 amide bonds. The van der Waals surface area contributed by atoms with Crippen molar-refractivity contribution in [1.29, 1.82) is 0 Å². The fraction of sp³-hybridized carbons (Fsp3) is 0.538. The summed E-state index contributed by atoms with van der Waals surface area (Å²) in [5.74, 6) is -0.884. The Morgan fingerprint density at radius 2 is 2.00 bits per heavy atom. The molecule has 0 spiro atoms. The van der Waals surface area contributed by atoms with Gasteiger partial charge in [-0.3, -0.25) is 0 Å². The molecule has 0 bridgehead atoms. The second kappa shape index (κ2) is 7.49. The van der Waals surface area contributed by atoms with Crippen molar-refractivity contribution < 1.29 is 17.9 Å². The van der Waals surface area contributed by atoms with Crippen LogP contribution in [0.3, 0.4) is 0 Å². The molecule has 4 nitrogen and oxygen atoms in total. The number of aliphatic hydroxyl groups is 1. The monoisotopic (exact) mass is 367 g/mol. The van der Waals surface area contributed by atoms with Crippen LogP contribution in [0.4, 0.5) is 4.39 Å². The van der Waals surface area contributed by atoms with E-state index in [1.54, 1.807) is 6.92 Å². The second-order valence-electron chi connectivity index (χ2n) is 4.39. The zero-order valence-electron chi connectivity index (χ0n) is 11.6. The van der Waals surface area contributed by atoms with E-state index in [9.17, 15) is 12.8 Å². The van der Waals surface area contributed by atoms with Crippen molar-refractivity contribution in [2.24, 2.45) is 0 Å². The maximum absolute atomic E-state index is 14.2. The summed E-state index contributed by atoms with van der Waals surface area (Å²) in [7, 11) is -3.89. The van der Waals surface area contributed by atoms with Gasteiger partial charge in [0.05, 0.1) is 6.61 Å². The summed E-state index contributed by atoms with van der Waals surface area (Å²) in [4.78, 5) is -0.395. The lowest BCUT2D eigenvalue weighted by Crippen LogP contribution is -2.32. The summed E-state index contributed by atoms with van der Waals surface area (Å²) in [5, 5.41) is 9.10. The summed E-state index contributed by atoms with van der Waals surface area (Å²) in [6, 6.07) is 2.61. The molecule has 1 aromatic rings. The second-order valence-corrected chi connectivity index (χ2v) is 7.21. The van der Waals surface area contributed by atoms with Gasteiger partial charge < -0.3 is 5.11 Å². The van der Waals surface area contributed by atoms with Crippen LogP contribution in [0.15, 0.2) is 21.5 Å². The molecule has 0 aliphatic heterocycles. The molecule has 0 aliphatic carbocycles. The van der Waals surface area contributed by atoms with Crippen LogP contribution in [0, 0.1) is 5.82 Å². The summed E-state index contributed by atoms with van der Waals surface area (Å²) in [6.45, 7) is 3.77. The Hall–Kier alpha value is -0.500. The summed E-state index contributed by atoms with van der Waals surface area (Å²) >= 11 is 3.14. The van der Waals surface area contributed by atoms with Crippen LogP contribution < -0.4 is 0 Å². The number of aliphatic hydroxyl groups excluding tert-OH is 1. The molecular formula is C13H19BrFNO3S. The Labute approximate surface area is 127 Å². The van der Waals surface area contributed by atoms with Crippen molar-refractivity contribution in [1.82, 2.24) is 4.31 Å². The fourth-order valence-electron chi connectivity index (χ4n) is 1.84. The molecule has 7 heteroatoms. The topological polar surface area (TPSA) is 57.6 Å². The number of unbranched alkanes of at least 4 members (excludes halogenated alkanes) is 1. The fourth-order valence-corrected chi connectivity index (χ4v) is 4.12. The molecule has 0 unspecified atom stereocenters. The highest BCUT2D eigenvalue weighted by atomic mass is 79.9. The lowest BCUT2D eigenvalue weighted by atomic mass is 10.2. The van der Waals surface area contributed by atoms with E-state index >= 15 is 0 Å². The average Bonchev–Trinajstić information content (AvgIpc) is 2.41. The SMILES string of the molecule is CCCCN(CC)S(=O)(=O)c1cc(Br)cc(CO)c1F. The number of nitrogens with zero attached hydrogens (tertiary/aromatic N) is 1. The average molecular weight is 368 g/mol. The number of benzene rings is 1. The van der Waals surface area contributed by atoms with Crippen molar-refractivity contribution in [3.05, 3.63) is 28.0 Å². The molecule has 0 radical (unpaired) electrons. The first-order chi connectivity index (χ1) is 9.38. The molecule has 0 atom stereocenters. The lowest BCUT2D eigenvalue weighted by molar-refractivity contribution is 0.274. The van der Waals surface area contributed by atoms with Crippen LogP contribution in [0.1, 0.15) is 32.3 Å². The Balaban J connectivity index is 3.30. The van der Waals surface area contributed by atoms with Gasteiger partial charge in [-0.15, -0.1) is 0 Å². The first kappa shape index (κ1) is 17.6. The van der Waals surface area contributed by atoms with E-state index in [-0.39, 0.29) is 12.1 Å². The Morgan fingerprint density at radius 3 is 2.50 bits per heavy atom. The molecule has 0 heterocycles. The predicted octanol–water partition coefficient (Wildman–Crippen LogP) is 2.89. The van der Waals surface area contributed by atoms with E-state index in [2.05, 4.69) is 15.9 Å². The minimum absolute atomic E-state index is 0.0375. The quantitative estimate of drug-likeness (QED) is 0.805. The minimum atomic E-state index is -3.89. The first-order valence-electron chi connectivity index (χ1n) is 6.47. The molecule has 20 heavy (non-hydrogen) atoms. The van der Waals surface area contributed by atoms with Gasteiger partial charge >= 0.3 is 0 Å². The van der Waals surface area contributed by atoms with Gasteiger partial charge in [0.25, 0.3) is 0 Å². The van der Waals surface area contributed by atoms with Crippen LogP contribution >= 0.6 is 15.9 Å². The highest BCUT2D eigenvalue weighted by Gasteiger charge is 2.27. The van der Waals surface area contributed by atoms with Crippen molar-refractivity contribution >= 4 is 26.0 Å². The number of sulfonamides is 1. The molecular weight excluding hydrogens is 349 g/mol. The van der Waals surface area contributed by atoms with Crippen molar-refractivity contribution in [2.45, 2.75) is 38.2 Å². The van der Waals surface area contributed by atoms with E-state index in [1.807, 2.05) is 6.92 Å². The number of halogens is 2. The van der Waals surface area contributed by atoms with Gasteiger partial charge in [0.15, 0.2) is 0 Å². The Morgan fingerprint density at radius 1 is 1.35 bits per heavy atom. The predicted molar refractivity (Wildman–Crippen MR) is 79.4 cm³/mol. The lowest BCUT2D eigenvalue weighted by Gasteiger charge is -2.21. The largest absolute Gasteiger partial charge is 0.392 e. The molecule has 1 aromatic carbocycles. The molecule has 0 saturated carbocycles. The third kappa shape index (κ3) is 3.78. The number of hydrogen-bond acceptors (Lipinski definition) is 3. The van der Waals surface area contributed by atoms with Crippen molar-refractivity contribution in [2.75, 3.05) is 13.1 Å². The van der Waals surface area contributed by atoms with Crippen LogP contribution in [0.2, 0.25) is 0 Å². The Kier molecular flexibility index (Phi) is 6.57. The van der Waals surface area contributed by atoms with Gasteiger partial charge in [0, 0.05) is 23.1 Å². The maximum atomic E-state index is 14.2. The third-order valence-corrected chi connectivity index (χ3v) is 5.41. The van der Waals surface area contributed by atoms with Gasteiger partial charge in [-0.05, 0) is 18.6 Å². The van der Waals surface area contributed by atoms with Crippen molar-refractivity contribution in [3.8, 4) is 0 Å². The number of rotatable bonds is 7. The van der Waals surface area contributed by atoms with E-state index in [4.69, 9.17) is 5.11 Å². The number of hydrogen-bond donors (Lipinski definition) is 1. The van der Waals surface area contributed by atoms with Crippen LogP contribution in [-0.2, 0) is 16.6 Å².